The molecule has 1 aliphatic rings. The third-order valence-electron chi connectivity index (χ3n) is 4.85. The third kappa shape index (κ3) is 4.01. The fraction of sp³-hybridized carbons (Fsp3) is 0.217. The van der Waals surface area contributed by atoms with E-state index in [-0.39, 0.29) is 12.4 Å². The molecule has 3 aromatic rings. The van der Waals surface area contributed by atoms with Crippen molar-refractivity contribution < 1.29 is 14.3 Å². The van der Waals surface area contributed by atoms with Crippen molar-refractivity contribution in [3.05, 3.63) is 81.5 Å². The van der Waals surface area contributed by atoms with Gasteiger partial charge >= 0.3 is 5.97 Å². The molecule has 27 heavy (non-hydrogen) atoms. The molecular formula is C23H20O3S. The Balaban J connectivity index is 1.37. The van der Waals surface area contributed by atoms with Crippen LogP contribution in [-0.2, 0) is 17.6 Å². The van der Waals surface area contributed by atoms with Crippen LogP contribution in [-0.4, -0.2) is 18.4 Å². The van der Waals surface area contributed by atoms with E-state index < -0.39 is 5.97 Å². The largest absolute Gasteiger partial charge is 0.453 e. The standard InChI is InChI=1S/C23H20O3S/c24-20(18-12-10-17(11-13-18)16-6-2-1-3-7-16)15-26-23(25)22-14-19-8-4-5-9-21(19)27-22/h1-3,6-7,10-14H,4-5,8-9,15H2. The molecule has 4 heteroatoms. The molecule has 0 saturated carbocycles. The monoisotopic (exact) mass is 376 g/mol. The van der Waals surface area contributed by atoms with Gasteiger partial charge in [-0.15, -0.1) is 11.3 Å². The lowest BCUT2D eigenvalue weighted by Gasteiger charge is -2.08. The normalized spacial score (nSPS) is 13.0. The van der Waals surface area contributed by atoms with Gasteiger partial charge in [-0.2, -0.15) is 0 Å². The Bertz CT molecular complexity index is 932. The van der Waals surface area contributed by atoms with Crippen LogP contribution in [0.1, 0.15) is 43.3 Å². The molecule has 0 bridgehead atoms. The summed E-state index contributed by atoms with van der Waals surface area (Å²) in [5.74, 6) is -0.590. The molecule has 4 rings (SSSR count). The molecule has 0 spiro atoms. The van der Waals surface area contributed by atoms with Gasteiger partial charge in [-0.3, -0.25) is 4.79 Å². The van der Waals surface area contributed by atoms with Gasteiger partial charge in [0.1, 0.15) is 4.88 Å². The van der Waals surface area contributed by atoms with Crippen LogP contribution in [0.5, 0.6) is 0 Å². The SMILES string of the molecule is O=C(COC(=O)c1cc2c(s1)CCCC2)c1ccc(-c2ccccc2)cc1. The minimum atomic E-state index is -0.399. The predicted molar refractivity (Wildman–Crippen MR) is 107 cm³/mol. The molecule has 0 aliphatic heterocycles. The van der Waals surface area contributed by atoms with Crippen LogP contribution in [0.3, 0.4) is 0 Å². The van der Waals surface area contributed by atoms with Crippen molar-refractivity contribution in [3.63, 3.8) is 0 Å². The molecule has 0 radical (unpaired) electrons. The molecule has 0 atom stereocenters. The Kier molecular flexibility index (Phi) is 5.16. The Labute approximate surface area is 162 Å². The van der Waals surface area contributed by atoms with E-state index in [9.17, 15) is 9.59 Å². The van der Waals surface area contributed by atoms with Gasteiger partial charge in [0.25, 0.3) is 0 Å². The first-order valence-corrected chi connectivity index (χ1v) is 10.00. The summed E-state index contributed by atoms with van der Waals surface area (Å²) in [5, 5.41) is 0. The van der Waals surface area contributed by atoms with E-state index in [1.54, 1.807) is 12.1 Å². The quantitative estimate of drug-likeness (QED) is 0.446. The Morgan fingerprint density at radius 1 is 0.889 bits per heavy atom. The van der Waals surface area contributed by atoms with Crippen LogP contribution in [0.15, 0.2) is 60.7 Å². The molecule has 3 nitrogen and oxygen atoms in total. The summed E-state index contributed by atoms with van der Waals surface area (Å²) in [5.41, 5.74) is 3.96. The van der Waals surface area contributed by atoms with Crippen molar-refractivity contribution >= 4 is 23.1 Å². The zero-order valence-electron chi connectivity index (χ0n) is 14.9. The van der Waals surface area contributed by atoms with E-state index in [2.05, 4.69) is 0 Å². The first-order chi connectivity index (χ1) is 13.2. The minimum Gasteiger partial charge on any atom is -0.453 e. The Morgan fingerprint density at radius 2 is 1.59 bits per heavy atom. The average Bonchev–Trinajstić information content (AvgIpc) is 3.17. The van der Waals surface area contributed by atoms with Gasteiger partial charge < -0.3 is 4.74 Å². The van der Waals surface area contributed by atoms with Crippen LogP contribution >= 0.6 is 11.3 Å². The summed E-state index contributed by atoms with van der Waals surface area (Å²) >= 11 is 1.50. The third-order valence-corrected chi connectivity index (χ3v) is 6.06. The lowest BCUT2D eigenvalue weighted by atomic mass is 9.99. The van der Waals surface area contributed by atoms with Crippen molar-refractivity contribution in [3.8, 4) is 11.1 Å². The number of thiophene rings is 1. The molecule has 136 valence electrons. The first kappa shape index (κ1) is 17.7. The van der Waals surface area contributed by atoms with Crippen LogP contribution in [0.2, 0.25) is 0 Å². The number of benzene rings is 2. The molecule has 0 saturated heterocycles. The lowest BCUT2D eigenvalue weighted by molar-refractivity contribution is 0.0479. The van der Waals surface area contributed by atoms with E-state index in [1.165, 1.54) is 34.6 Å². The van der Waals surface area contributed by atoms with Crippen LogP contribution < -0.4 is 0 Å². The molecule has 1 heterocycles. The van der Waals surface area contributed by atoms with E-state index in [1.807, 2.05) is 48.5 Å². The number of carbonyl (C=O) groups excluding carboxylic acids is 2. The van der Waals surface area contributed by atoms with Gasteiger partial charge in [-0.1, -0.05) is 54.6 Å². The number of rotatable bonds is 5. The minimum absolute atomic E-state index is 0.190. The summed E-state index contributed by atoms with van der Waals surface area (Å²) in [6.07, 6.45) is 4.43. The summed E-state index contributed by atoms with van der Waals surface area (Å²) in [7, 11) is 0. The number of aryl methyl sites for hydroxylation is 2. The number of hydrogen-bond acceptors (Lipinski definition) is 4. The van der Waals surface area contributed by atoms with Gasteiger partial charge in [-0.05, 0) is 48.4 Å². The second-order valence-corrected chi connectivity index (χ2v) is 7.85. The smallest absolute Gasteiger partial charge is 0.348 e. The predicted octanol–water partition coefficient (Wildman–Crippen LogP) is 5.33. The fourth-order valence-electron chi connectivity index (χ4n) is 3.36. The van der Waals surface area contributed by atoms with Gasteiger partial charge in [0.2, 0.25) is 0 Å². The number of esters is 1. The number of Topliss-reactive ketones (excluding diaryl/α,β-unsaturated/α-hetero) is 1. The Hall–Kier alpha value is -2.72. The zero-order chi connectivity index (χ0) is 18.6. The maximum absolute atomic E-state index is 12.3. The maximum atomic E-state index is 12.3. The van der Waals surface area contributed by atoms with E-state index >= 15 is 0 Å². The summed E-state index contributed by atoms with van der Waals surface area (Å²) in [4.78, 5) is 26.5. The molecular weight excluding hydrogens is 356 g/mol. The Morgan fingerprint density at radius 3 is 2.33 bits per heavy atom. The second kappa shape index (κ2) is 7.89. The highest BCUT2D eigenvalue weighted by molar-refractivity contribution is 7.14. The maximum Gasteiger partial charge on any atom is 0.348 e. The van der Waals surface area contributed by atoms with Crippen LogP contribution in [0.25, 0.3) is 11.1 Å². The fourth-order valence-corrected chi connectivity index (χ4v) is 4.50. The molecule has 0 unspecified atom stereocenters. The van der Waals surface area contributed by atoms with Crippen molar-refractivity contribution in [2.24, 2.45) is 0 Å². The number of carbonyl (C=O) groups is 2. The molecule has 0 fully saturated rings. The first-order valence-electron chi connectivity index (χ1n) is 9.18. The summed E-state index contributed by atoms with van der Waals surface area (Å²) in [6, 6.07) is 19.3. The van der Waals surface area contributed by atoms with Crippen molar-refractivity contribution in [2.45, 2.75) is 25.7 Å². The second-order valence-electron chi connectivity index (χ2n) is 6.71. The highest BCUT2D eigenvalue weighted by atomic mass is 32.1. The number of ketones is 1. The lowest BCUT2D eigenvalue weighted by Crippen LogP contribution is -2.13. The topological polar surface area (TPSA) is 43.4 Å². The number of fused-ring (bicyclic) bond motifs is 1. The molecule has 1 aromatic heterocycles. The van der Waals surface area contributed by atoms with E-state index in [0.717, 1.165) is 24.0 Å². The molecule has 1 aliphatic carbocycles. The average molecular weight is 376 g/mol. The number of hydrogen-bond donors (Lipinski definition) is 0. The van der Waals surface area contributed by atoms with Crippen molar-refractivity contribution in [1.82, 2.24) is 0 Å². The summed E-state index contributed by atoms with van der Waals surface area (Å²) in [6.45, 7) is -0.230. The number of ether oxygens (including phenoxy) is 1. The van der Waals surface area contributed by atoms with E-state index in [4.69, 9.17) is 4.74 Å². The van der Waals surface area contributed by atoms with Gasteiger partial charge in [-0.25, -0.2) is 4.79 Å². The van der Waals surface area contributed by atoms with Gasteiger partial charge in [0.05, 0.1) is 0 Å². The van der Waals surface area contributed by atoms with Crippen molar-refractivity contribution in [2.75, 3.05) is 6.61 Å². The van der Waals surface area contributed by atoms with Crippen LogP contribution in [0, 0.1) is 0 Å². The zero-order valence-corrected chi connectivity index (χ0v) is 15.8. The molecule has 0 amide bonds. The summed E-state index contributed by atoms with van der Waals surface area (Å²) < 4.78 is 5.26. The van der Waals surface area contributed by atoms with Crippen LogP contribution in [0.4, 0.5) is 0 Å². The molecule has 0 N–H and O–H groups in total. The van der Waals surface area contributed by atoms with Gasteiger partial charge in [0, 0.05) is 10.4 Å². The van der Waals surface area contributed by atoms with E-state index in [0.29, 0.717) is 10.4 Å². The van der Waals surface area contributed by atoms with Crippen molar-refractivity contribution in [1.29, 1.82) is 0 Å². The highest BCUT2D eigenvalue weighted by Gasteiger charge is 2.19. The highest BCUT2D eigenvalue weighted by Crippen LogP contribution is 2.30. The van der Waals surface area contributed by atoms with Gasteiger partial charge in [0.15, 0.2) is 12.4 Å². The molecule has 2 aromatic carbocycles.